The maximum Gasteiger partial charge on any atom is 0.387 e. The number of alkyl halides is 2. The highest BCUT2D eigenvalue weighted by atomic mass is 19.3. The van der Waals surface area contributed by atoms with Gasteiger partial charge in [-0.15, -0.1) is 0 Å². The molecule has 5 amide bonds. The van der Waals surface area contributed by atoms with Crippen LogP contribution >= 0.6 is 0 Å². The van der Waals surface area contributed by atoms with Crippen molar-refractivity contribution in [2.75, 3.05) is 0 Å². The van der Waals surface area contributed by atoms with Crippen molar-refractivity contribution >= 4 is 29.5 Å². The van der Waals surface area contributed by atoms with Gasteiger partial charge in [0, 0.05) is 18.5 Å². The lowest BCUT2D eigenvalue weighted by atomic mass is 10.0. The minimum Gasteiger partial charge on any atom is -0.435 e. The van der Waals surface area contributed by atoms with Crippen LogP contribution in [0.2, 0.25) is 0 Å². The van der Waals surface area contributed by atoms with Gasteiger partial charge in [-0.05, 0) is 42.3 Å². The van der Waals surface area contributed by atoms with Crippen LogP contribution < -0.4 is 15.4 Å². The molecule has 0 saturated carbocycles. The Labute approximate surface area is 185 Å². The molecule has 2 aliphatic heterocycles. The molecule has 0 aliphatic carbocycles. The van der Waals surface area contributed by atoms with Crippen LogP contribution in [-0.4, -0.2) is 47.1 Å². The summed E-state index contributed by atoms with van der Waals surface area (Å²) in [6.45, 7) is -3.08. The van der Waals surface area contributed by atoms with Gasteiger partial charge in [-0.2, -0.15) is 8.78 Å². The molecule has 0 aromatic heterocycles. The Morgan fingerprint density at radius 3 is 2.48 bits per heavy atom. The average molecular weight is 457 g/mol. The summed E-state index contributed by atoms with van der Waals surface area (Å²) < 4.78 is 28.7. The average Bonchev–Trinajstić information content (AvgIpc) is 3.03. The summed E-state index contributed by atoms with van der Waals surface area (Å²) in [5, 5.41) is 4.75. The Morgan fingerprint density at radius 2 is 1.82 bits per heavy atom. The minimum absolute atomic E-state index is 0.00781. The number of halogens is 2. The van der Waals surface area contributed by atoms with Crippen molar-refractivity contribution in [1.29, 1.82) is 0 Å². The Morgan fingerprint density at radius 1 is 1.09 bits per heavy atom. The number of rotatable bonds is 6. The van der Waals surface area contributed by atoms with Gasteiger partial charge in [-0.1, -0.05) is 12.1 Å². The molecule has 0 bridgehead atoms. The first-order valence-corrected chi connectivity index (χ1v) is 9.93. The van der Waals surface area contributed by atoms with Crippen LogP contribution in [0.15, 0.2) is 42.5 Å². The molecule has 2 aliphatic rings. The number of imide groups is 2. The predicted octanol–water partition coefficient (Wildman–Crippen LogP) is 1.62. The molecule has 9 nitrogen and oxygen atoms in total. The third-order valence-corrected chi connectivity index (χ3v) is 5.34. The smallest absolute Gasteiger partial charge is 0.387 e. The van der Waals surface area contributed by atoms with Crippen LogP contribution in [-0.2, 0) is 16.1 Å². The SMILES string of the molecule is O=C1CCC(N2C(=O)c3cccc(CNC(=O)c4ccc(OC(F)F)cc4)c3C2=O)C(=O)N1. The lowest BCUT2D eigenvalue weighted by Gasteiger charge is -2.27. The number of carbonyl (C=O) groups is 5. The molecule has 11 heteroatoms. The van der Waals surface area contributed by atoms with E-state index >= 15 is 0 Å². The van der Waals surface area contributed by atoms with Crippen molar-refractivity contribution in [2.24, 2.45) is 0 Å². The van der Waals surface area contributed by atoms with E-state index in [-0.39, 0.29) is 41.8 Å². The van der Waals surface area contributed by atoms with Gasteiger partial charge in [0.05, 0.1) is 11.1 Å². The first-order chi connectivity index (χ1) is 15.8. The molecule has 1 atom stereocenters. The molecule has 1 unspecified atom stereocenters. The van der Waals surface area contributed by atoms with Gasteiger partial charge in [-0.25, -0.2) is 0 Å². The standard InChI is InChI=1S/C22H17F2N3O6/c23-22(24)33-13-6-4-11(5-7-13)18(29)25-10-12-2-1-3-14-17(12)21(32)27(20(14)31)15-8-9-16(28)26-19(15)30/h1-7,15,22H,8-10H2,(H,25,29)(H,26,28,30). The summed E-state index contributed by atoms with van der Waals surface area (Å²) in [6, 6.07) is 8.54. The minimum atomic E-state index is -2.98. The van der Waals surface area contributed by atoms with E-state index in [9.17, 15) is 32.8 Å². The van der Waals surface area contributed by atoms with E-state index < -0.39 is 42.2 Å². The third kappa shape index (κ3) is 4.29. The van der Waals surface area contributed by atoms with Gasteiger partial charge in [0.1, 0.15) is 11.8 Å². The normalized spacial score (nSPS) is 17.8. The summed E-state index contributed by atoms with van der Waals surface area (Å²) in [7, 11) is 0. The summed E-state index contributed by atoms with van der Waals surface area (Å²) >= 11 is 0. The number of ether oxygens (including phenoxy) is 1. The number of piperidine rings is 1. The van der Waals surface area contributed by atoms with Crippen LogP contribution in [0.1, 0.15) is 49.5 Å². The van der Waals surface area contributed by atoms with Crippen LogP contribution in [0.3, 0.4) is 0 Å². The second-order valence-corrected chi connectivity index (χ2v) is 7.37. The Bertz CT molecular complexity index is 1170. The number of nitrogens with zero attached hydrogens (tertiary/aromatic N) is 1. The van der Waals surface area contributed by atoms with Gasteiger partial charge in [0.25, 0.3) is 17.7 Å². The predicted molar refractivity (Wildman–Crippen MR) is 107 cm³/mol. The van der Waals surface area contributed by atoms with Crippen LogP contribution in [0, 0.1) is 0 Å². The number of carbonyl (C=O) groups excluding carboxylic acids is 5. The molecular formula is C22H17F2N3O6. The van der Waals surface area contributed by atoms with Crippen molar-refractivity contribution in [3.05, 3.63) is 64.7 Å². The fourth-order valence-electron chi connectivity index (χ4n) is 3.80. The zero-order chi connectivity index (χ0) is 23.7. The zero-order valence-electron chi connectivity index (χ0n) is 17.0. The first-order valence-electron chi connectivity index (χ1n) is 9.93. The molecule has 4 rings (SSSR count). The Balaban J connectivity index is 1.49. The van der Waals surface area contributed by atoms with E-state index in [0.29, 0.717) is 5.56 Å². The summed E-state index contributed by atoms with van der Waals surface area (Å²) in [5.74, 6) is -3.13. The zero-order valence-corrected chi connectivity index (χ0v) is 17.0. The molecule has 2 heterocycles. The lowest BCUT2D eigenvalue weighted by Crippen LogP contribution is -2.54. The van der Waals surface area contributed by atoms with E-state index in [1.807, 2.05) is 0 Å². The van der Waals surface area contributed by atoms with Gasteiger partial charge < -0.3 is 10.1 Å². The number of benzene rings is 2. The Kier molecular flexibility index (Phi) is 5.86. The van der Waals surface area contributed by atoms with E-state index in [1.54, 1.807) is 12.1 Å². The van der Waals surface area contributed by atoms with Crippen LogP contribution in [0.25, 0.3) is 0 Å². The van der Waals surface area contributed by atoms with Crippen LogP contribution in [0.4, 0.5) is 8.78 Å². The molecule has 170 valence electrons. The quantitative estimate of drug-likeness (QED) is 0.636. The van der Waals surface area contributed by atoms with Gasteiger partial charge >= 0.3 is 6.61 Å². The van der Waals surface area contributed by atoms with E-state index in [0.717, 1.165) is 4.90 Å². The summed E-state index contributed by atoms with van der Waals surface area (Å²) in [4.78, 5) is 62.8. The maximum absolute atomic E-state index is 13.0. The number of nitrogens with one attached hydrogen (secondary N) is 2. The van der Waals surface area contributed by atoms with Gasteiger partial charge in [-0.3, -0.25) is 34.2 Å². The van der Waals surface area contributed by atoms with Crippen molar-refractivity contribution in [3.8, 4) is 5.75 Å². The summed E-state index contributed by atoms with van der Waals surface area (Å²) in [5.41, 5.74) is 0.724. The molecule has 0 radical (unpaired) electrons. The highest BCUT2D eigenvalue weighted by molar-refractivity contribution is 6.24. The monoisotopic (exact) mass is 457 g/mol. The van der Waals surface area contributed by atoms with Crippen molar-refractivity contribution in [1.82, 2.24) is 15.5 Å². The van der Waals surface area contributed by atoms with Gasteiger partial charge in [0.15, 0.2) is 0 Å². The number of hydrogen-bond donors (Lipinski definition) is 2. The number of fused-ring (bicyclic) bond motifs is 1. The lowest BCUT2D eigenvalue weighted by molar-refractivity contribution is -0.136. The first kappa shape index (κ1) is 22.1. The fourth-order valence-corrected chi connectivity index (χ4v) is 3.80. The van der Waals surface area contributed by atoms with Gasteiger partial charge in [0.2, 0.25) is 11.8 Å². The number of amides is 5. The van der Waals surface area contributed by atoms with E-state index in [1.165, 1.54) is 30.3 Å². The fraction of sp³-hybridized carbons (Fsp3) is 0.227. The second-order valence-electron chi connectivity index (χ2n) is 7.37. The number of hydrogen-bond acceptors (Lipinski definition) is 6. The molecule has 0 spiro atoms. The maximum atomic E-state index is 13.0. The second kappa shape index (κ2) is 8.77. The summed E-state index contributed by atoms with van der Waals surface area (Å²) in [6.07, 6.45) is 0.0430. The van der Waals surface area contributed by atoms with E-state index in [2.05, 4.69) is 15.4 Å². The van der Waals surface area contributed by atoms with Crippen LogP contribution in [0.5, 0.6) is 5.75 Å². The molecule has 2 N–H and O–H groups in total. The molecule has 1 saturated heterocycles. The molecule has 1 fully saturated rings. The highest BCUT2D eigenvalue weighted by Gasteiger charge is 2.45. The van der Waals surface area contributed by atoms with E-state index in [4.69, 9.17) is 0 Å². The highest BCUT2D eigenvalue weighted by Crippen LogP contribution is 2.30. The largest absolute Gasteiger partial charge is 0.435 e. The van der Waals surface area contributed by atoms with Crippen molar-refractivity contribution in [2.45, 2.75) is 32.0 Å². The molecule has 2 aromatic rings. The topological polar surface area (TPSA) is 122 Å². The Hall–Kier alpha value is -4.15. The molecular weight excluding hydrogens is 440 g/mol. The molecule has 2 aromatic carbocycles. The molecule has 33 heavy (non-hydrogen) atoms. The van der Waals surface area contributed by atoms with Crippen molar-refractivity contribution in [3.63, 3.8) is 0 Å². The van der Waals surface area contributed by atoms with Crippen molar-refractivity contribution < 1.29 is 37.5 Å². The third-order valence-electron chi connectivity index (χ3n) is 5.34.